The van der Waals surface area contributed by atoms with Gasteiger partial charge in [0, 0.05) is 44.9 Å². The first-order chi connectivity index (χ1) is 12.7. The summed E-state index contributed by atoms with van der Waals surface area (Å²) in [5.74, 6) is 0. The summed E-state index contributed by atoms with van der Waals surface area (Å²) in [6.07, 6.45) is 0. The van der Waals surface area contributed by atoms with E-state index in [4.69, 9.17) is 11.5 Å². The van der Waals surface area contributed by atoms with E-state index >= 15 is 0 Å². The van der Waals surface area contributed by atoms with Crippen LogP contribution in [-0.2, 0) is 0 Å². The lowest BCUT2D eigenvalue weighted by Gasteiger charge is -2.17. The van der Waals surface area contributed by atoms with Crippen molar-refractivity contribution in [2.45, 2.75) is 0 Å². The highest BCUT2D eigenvalue weighted by Gasteiger charge is 2.12. The molecule has 0 saturated heterocycles. The van der Waals surface area contributed by atoms with Crippen LogP contribution in [0.1, 0.15) is 0 Å². The minimum atomic E-state index is 0.685. The molecule has 4 aromatic carbocycles. The highest BCUT2D eigenvalue weighted by Crippen LogP contribution is 2.40. The van der Waals surface area contributed by atoms with E-state index in [1.807, 2.05) is 84.9 Å². The van der Waals surface area contributed by atoms with Crippen LogP contribution in [0.25, 0.3) is 10.8 Å². The molecule has 0 aromatic heterocycles. The van der Waals surface area contributed by atoms with E-state index in [-0.39, 0.29) is 0 Å². The van der Waals surface area contributed by atoms with Crippen molar-refractivity contribution in [3.63, 3.8) is 0 Å². The second kappa shape index (κ2) is 6.69. The van der Waals surface area contributed by atoms with Gasteiger partial charge in [0.15, 0.2) is 0 Å². The number of anilines is 6. The Balaban J connectivity index is 1.85. The number of hydrogen-bond acceptors (Lipinski definition) is 4. The zero-order valence-corrected chi connectivity index (χ0v) is 14.2. The molecule has 0 radical (unpaired) electrons. The van der Waals surface area contributed by atoms with Crippen molar-refractivity contribution in [1.29, 1.82) is 0 Å². The maximum atomic E-state index is 6.32. The summed E-state index contributed by atoms with van der Waals surface area (Å²) < 4.78 is 0. The predicted molar refractivity (Wildman–Crippen MR) is 112 cm³/mol. The Morgan fingerprint density at radius 3 is 1.23 bits per heavy atom. The van der Waals surface area contributed by atoms with Crippen molar-refractivity contribution < 1.29 is 0 Å². The average molecular weight is 340 g/mol. The molecule has 0 aliphatic rings. The van der Waals surface area contributed by atoms with E-state index in [0.717, 1.165) is 33.5 Å². The second-order valence-corrected chi connectivity index (χ2v) is 6.14. The van der Waals surface area contributed by atoms with Gasteiger partial charge in [0.2, 0.25) is 0 Å². The number of rotatable bonds is 4. The van der Waals surface area contributed by atoms with E-state index in [1.165, 1.54) is 0 Å². The summed E-state index contributed by atoms with van der Waals surface area (Å²) in [4.78, 5) is 0. The summed E-state index contributed by atoms with van der Waals surface area (Å²) in [6, 6.07) is 27.8. The fourth-order valence-corrected chi connectivity index (χ4v) is 3.11. The molecule has 0 spiro atoms. The first-order valence-electron chi connectivity index (χ1n) is 8.47. The molecule has 26 heavy (non-hydrogen) atoms. The van der Waals surface area contributed by atoms with Crippen LogP contribution in [0.4, 0.5) is 34.1 Å². The molecule has 4 nitrogen and oxygen atoms in total. The summed E-state index contributed by atoms with van der Waals surface area (Å²) >= 11 is 0. The van der Waals surface area contributed by atoms with Gasteiger partial charge in [0.25, 0.3) is 0 Å². The van der Waals surface area contributed by atoms with E-state index < -0.39 is 0 Å². The summed E-state index contributed by atoms with van der Waals surface area (Å²) in [7, 11) is 0. The third-order valence-electron chi connectivity index (χ3n) is 4.33. The molecule has 0 aliphatic carbocycles. The second-order valence-electron chi connectivity index (χ2n) is 6.14. The Bertz CT molecular complexity index is 958. The van der Waals surface area contributed by atoms with Gasteiger partial charge in [0.1, 0.15) is 0 Å². The lowest BCUT2D eigenvalue weighted by molar-refractivity contribution is 1.55. The summed E-state index contributed by atoms with van der Waals surface area (Å²) in [6.45, 7) is 0. The number of hydrogen-bond donors (Lipinski definition) is 4. The number of fused-ring (bicyclic) bond motifs is 1. The van der Waals surface area contributed by atoms with Gasteiger partial charge >= 0.3 is 0 Å². The molecule has 0 saturated carbocycles. The van der Waals surface area contributed by atoms with Crippen LogP contribution in [0.2, 0.25) is 0 Å². The van der Waals surface area contributed by atoms with Crippen LogP contribution in [0.15, 0.2) is 84.9 Å². The molecule has 4 aromatic rings. The maximum absolute atomic E-state index is 6.32. The highest BCUT2D eigenvalue weighted by atomic mass is 14.9. The average Bonchev–Trinajstić information content (AvgIpc) is 2.67. The Morgan fingerprint density at radius 2 is 0.846 bits per heavy atom. The summed E-state index contributed by atoms with van der Waals surface area (Å²) in [5.41, 5.74) is 17.9. The number of nitrogens with two attached hydrogens (primary N) is 2. The SMILES string of the molecule is Nc1ccc(N)c2c(Nc3ccccc3)ccc(Nc3ccccc3)c12. The first-order valence-corrected chi connectivity index (χ1v) is 8.47. The molecule has 0 fully saturated rings. The molecule has 0 atom stereocenters. The molecule has 0 heterocycles. The molecule has 0 amide bonds. The van der Waals surface area contributed by atoms with E-state index in [2.05, 4.69) is 10.6 Å². The standard InChI is InChI=1S/C22H20N4/c23-17-11-12-18(24)22-20(26-16-9-5-2-6-10-16)14-13-19(21(17)22)25-15-7-3-1-4-8-15/h1-14,25-26H,23-24H2. The largest absolute Gasteiger partial charge is 0.398 e. The molecule has 0 bridgehead atoms. The molecule has 128 valence electrons. The normalized spacial score (nSPS) is 10.6. The Hall–Kier alpha value is -3.66. The van der Waals surface area contributed by atoms with Crippen molar-refractivity contribution in [1.82, 2.24) is 0 Å². The van der Waals surface area contributed by atoms with Crippen molar-refractivity contribution >= 4 is 44.9 Å². The van der Waals surface area contributed by atoms with Crippen molar-refractivity contribution in [3.05, 3.63) is 84.9 Å². The van der Waals surface area contributed by atoms with Crippen LogP contribution in [0.3, 0.4) is 0 Å². The van der Waals surface area contributed by atoms with Gasteiger partial charge in [-0.3, -0.25) is 0 Å². The monoisotopic (exact) mass is 340 g/mol. The van der Waals surface area contributed by atoms with Crippen LogP contribution < -0.4 is 22.1 Å². The predicted octanol–water partition coefficient (Wildman–Crippen LogP) is 5.49. The van der Waals surface area contributed by atoms with Gasteiger partial charge in [-0.1, -0.05) is 36.4 Å². The smallest absolute Gasteiger partial charge is 0.0487 e. The van der Waals surface area contributed by atoms with Crippen molar-refractivity contribution in [2.75, 3.05) is 22.1 Å². The number of para-hydroxylation sites is 2. The molecule has 0 aliphatic heterocycles. The van der Waals surface area contributed by atoms with Gasteiger partial charge in [-0.2, -0.15) is 0 Å². The molecular formula is C22H20N4. The zero-order chi connectivity index (χ0) is 17.9. The molecule has 4 heteroatoms. The van der Waals surface area contributed by atoms with E-state index in [9.17, 15) is 0 Å². The van der Waals surface area contributed by atoms with Gasteiger partial charge in [-0.05, 0) is 48.5 Å². The van der Waals surface area contributed by atoms with Gasteiger partial charge in [-0.25, -0.2) is 0 Å². The minimum Gasteiger partial charge on any atom is -0.398 e. The Labute approximate surface area is 152 Å². The van der Waals surface area contributed by atoms with E-state index in [0.29, 0.717) is 11.4 Å². The fourth-order valence-electron chi connectivity index (χ4n) is 3.11. The van der Waals surface area contributed by atoms with Crippen LogP contribution >= 0.6 is 0 Å². The first kappa shape index (κ1) is 15.8. The van der Waals surface area contributed by atoms with Gasteiger partial charge < -0.3 is 22.1 Å². The minimum absolute atomic E-state index is 0.685. The third-order valence-corrected chi connectivity index (χ3v) is 4.33. The Kier molecular flexibility index (Phi) is 4.07. The zero-order valence-electron chi connectivity index (χ0n) is 14.2. The fraction of sp³-hybridized carbons (Fsp3) is 0. The highest BCUT2D eigenvalue weighted by molar-refractivity contribution is 6.14. The van der Waals surface area contributed by atoms with Gasteiger partial charge in [-0.15, -0.1) is 0 Å². The summed E-state index contributed by atoms with van der Waals surface area (Å²) in [5, 5.41) is 8.71. The maximum Gasteiger partial charge on any atom is 0.0487 e. The molecule has 0 unspecified atom stereocenters. The number of nitrogen functional groups attached to an aromatic ring is 2. The molecular weight excluding hydrogens is 320 g/mol. The lowest BCUT2D eigenvalue weighted by Crippen LogP contribution is -2.00. The van der Waals surface area contributed by atoms with E-state index in [1.54, 1.807) is 0 Å². The number of benzene rings is 4. The van der Waals surface area contributed by atoms with Crippen molar-refractivity contribution in [2.24, 2.45) is 0 Å². The molecule has 6 N–H and O–H groups in total. The van der Waals surface area contributed by atoms with Crippen LogP contribution in [0, 0.1) is 0 Å². The van der Waals surface area contributed by atoms with Crippen LogP contribution in [0.5, 0.6) is 0 Å². The third kappa shape index (κ3) is 3.00. The van der Waals surface area contributed by atoms with Gasteiger partial charge in [0.05, 0.1) is 0 Å². The quantitative estimate of drug-likeness (QED) is 0.370. The van der Waals surface area contributed by atoms with Crippen LogP contribution in [-0.4, -0.2) is 0 Å². The Morgan fingerprint density at radius 1 is 0.462 bits per heavy atom. The molecule has 4 rings (SSSR count). The topological polar surface area (TPSA) is 76.1 Å². The lowest BCUT2D eigenvalue weighted by atomic mass is 10.0. The van der Waals surface area contributed by atoms with Crippen molar-refractivity contribution in [3.8, 4) is 0 Å². The number of nitrogens with one attached hydrogen (secondary N) is 2.